The first kappa shape index (κ1) is 13.6. The highest BCUT2D eigenvalue weighted by molar-refractivity contribution is 5.84. The molecule has 3 rings (SSSR count). The van der Waals surface area contributed by atoms with Gasteiger partial charge in [-0.25, -0.2) is 0 Å². The van der Waals surface area contributed by atoms with Crippen molar-refractivity contribution in [1.82, 2.24) is 0 Å². The van der Waals surface area contributed by atoms with Crippen LogP contribution in [0.25, 0.3) is 0 Å². The Labute approximate surface area is 120 Å². The molecule has 2 fully saturated rings. The monoisotopic (exact) mass is 273 g/mol. The zero-order valence-corrected chi connectivity index (χ0v) is 12.2. The highest BCUT2D eigenvalue weighted by Gasteiger charge is 2.48. The fourth-order valence-corrected chi connectivity index (χ4v) is 3.79. The van der Waals surface area contributed by atoms with Gasteiger partial charge in [0.2, 0.25) is 0 Å². The molecule has 2 bridgehead atoms. The Hall–Kier alpha value is -1.35. The summed E-state index contributed by atoms with van der Waals surface area (Å²) in [6.07, 6.45) is 5.93. The molecule has 108 valence electrons. The van der Waals surface area contributed by atoms with Crippen LogP contribution in [0.1, 0.15) is 37.3 Å². The van der Waals surface area contributed by atoms with E-state index in [1.807, 2.05) is 31.3 Å². The normalized spacial score (nSPS) is 32.3. The van der Waals surface area contributed by atoms with Crippen molar-refractivity contribution in [2.75, 3.05) is 6.61 Å². The molecular formula is C17H23NO2. The van der Waals surface area contributed by atoms with Crippen LogP contribution in [-0.2, 0) is 4.74 Å². The van der Waals surface area contributed by atoms with Crippen LogP contribution in [0.4, 0.5) is 0 Å². The average Bonchev–Trinajstić information content (AvgIpc) is 3.03. The van der Waals surface area contributed by atoms with Crippen molar-refractivity contribution >= 4 is 6.21 Å². The lowest BCUT2D eigenvalue weighted by atomic mass is 9.93. The van der Waals surface area contributed by atoms with Crippen molar-refractivity contribution in [3.05, 3.63) is 29.3 Å². The fraction of sp³-hybridized carbons (Fsp3) is 0.588. The minimum absolute atomic E-state index is 0.272. The first-order valence-corrected chi connectivity index (χ1v) is 7.64. The highest BCUT2D eigenvalue weighted by Crippen LogP contribution is 2.47. The molecular weight excluding hydrogens is 250 g/mol. The van der Waals surface area contributed by atoms with E-state index < -0.39 is 0 Å². The van der Waals surface area contributed by atoms with Gasteiger partial charge in [0.15, 0.2) is 0 Å². The number of para-hydroxylation sites is 1. The number of aromatic hydroxyl groups is 1. The van der Waals surface area contributed by atoms with Crippen molar-refractivity contribution in [3.63, 3.8) is 0 Å². The number of nitrogens with zero attached hydrogens (tertiary/aromatic N) is 1. The summed E-state index contributed by atoms with van der Waals surface area (Å²) in [7, 11) is 0. The number of fused-ring (bicyclic) bond motifs is 2. The average molecular weight is 273 g/mol. The zero-order chi connectivity index (χ0) is 14.1. The molecule has 2 aliphatic carbocycles. The van der Waals surface area contributed by atoms with Crippen LogP contribution in [0.2, 0.25) is 0 Å². The molecule has 0 radical (unpaired) electrons. The summed E-state index contributed by atoms with van der Waals surface area (Å²) < 4.78 is 5.92. The van der Waals surface area contributed by atoms with Gasteiger partial charge in [0.1, 0.15) is 5.75 Å². The number of rotatable bonds is 4. The second-order valence-corrected chi connectivity index (χ2v) is 6.03. The molecule has 0 aliphatic heterocycles. The number of phenolic OH excluding ortho intramolecular Hbond substituents is 1. The van der Waals surface area contributed by atoms with Crippen LogP contribution >= 0.6 is 0 Å². The van der Waals surface area contributed by atoms with Gasteiger partial charge in [0.05, 0.1) is 12.1 Å². The summed E-state index contributed by atoms with van der Waals surface area (Å²) in [4.78, 5) is 4.77. The first-order valence-electron chi connectivity index (χ1n) is 7.64. The molecule has 0 heterocycles. The number of benzene rings is 1. The Bertz CT molecular complexity index is 512. The molecule has 3 heteroatoms. The van der Waals surface area contributed by atoms with Crippen molar-refractivity contribution in [2.45, 2.75) is 45.3 Å². The number of hydrogen-bond acceptors (Lipinski definition) is 3. The molecule has 4 atom stereocenters. The van der Waals surface area contributed by atoms with Crippen LogP contribution in [-0.4, -0.2) is 30.1 Å². The smallest absolute Gasteiger partial charge is 0.127 e. The fourth-order valence-electron chi connectivity index (χ4n) is 3.79. The summed E-state index contributed by atoms with van der Waals surface area (Å²) in [5.74, 6) is 1.69. The molecule has 2 saturated carbocycles. The number of phenols is 1. The van der Waals surface area contributed by atoms with Crippen molar-refractivity contribution < 1.29 is 9.84 Å². The summed E-state index contributed by atoms with van der Waals surface area (Å²) >= 11 is 0. The predicted octanol–water partition coefficient (Wildman–Crippen LogP) is 3.32. The Balaban J connectivity index is 1.79. The van der Waals surface area contributed by atoms with Gasteiger partial charge in [-0.3, -0.25) is 4.99 Å². The minimum Gasteiger partial charge on any atom is -0.507 e. The van der Waals surface area contributed by atoms with Crippen molar-refractivity contribution in [1.29, 1.82) is 0 Å². The molecule has 0 amide bonds. The van der Waals surface area contributed by atoms with E-state index in [0.717, 1.165) is 17.7 Å². The van der Waals surface area contributed by atoms with Crippen molar-refractivity contribution in [2.24, 2.45) is 16.8 Å². The maximum absolute atomic E-state index is 10.1. The number of aliphatic imine (C=N–C) groups is 1. The molecule has 1 N–H and O–H groups in total. The highest BCUT2D eigenvalue weighted by atomic mass is 16.5. The third kappa shape index (κ3) is 2.35. The van der Waals surface area contributed by atoms with E-state index in [0.29, 0.717) is 17.6 Å². The van der Waals surface area contributed by atoms with Crippen LogP contribution < -0.4 is 0 Å². The predicted molar refractivity (Wildman–Crippen MR) is 80.5 cm³/mol. The number of aryl methyl sites for hydroxylation is 1. The van der Waals surface area contributed by atoms with Crippen molar-refractivity contribution in [3.8, 4) is 5.75 Å². The maximum Gasteiger partial charge on any atom is 0.127 e. The Morgan fingerprint density at radius 1 is 1.35 bits per heavy atom. The van der Waals surface area contributed by atoms with Crippen LogP contribution in [0.5, 0.6) is 5.75 Å². The lowest BCUT2D eigenvalue weighted by Gasteiger charge is -2.27. The molecule has 4 unspecified atom stereocenters. The van der Waals surface area contributed by atoms with Crippen LogP contribution in [0.3, 0.4) is 0 Å². The van der Waals surface area contributed by atoms with Gasteiger partial charge in [0.25, 0.3) is 0 Å². The lowest BCUT2D eigenvalue weighted by Crippen LogP contribution is -2.33. The second-order valence-electron chi connectivity index (χ2n) is 6.03. The summed E-state index contributed by atoms with van der Waals surface area (Å²) in [5.41, 5.74) is 1.70. The topological polar surface area (TPSA) is 41.8 Å². The van der Waals surface area contributed by atoms with E-state index >= 15 is 0 Å². The Morgan fingerprint density at radius 2 is 2.15 bits per heavy atom. The van der Waals surface area contributed by atoms with Gasteiger partial charge in [0, 0.05) is 18.4 Å². The van der Waals surface area contributed by atoms with E-state index in [4.69, 9.17) is 9.73 Å². The Morgan fingerprint density at radius 3 is 2.95 bits per heavy atom. The van der Waals surface area contributed by atoms with E-state index in [9.17, 15) is 5.11 Å². The van der Waals surface area contributed by atoms with Gasteiger partial charge in [-0.05, 0) is 56.6 Å². The maximum atomic E-state index is 10.1. The lowest BCUT2D eigenvalue weighted by molar-refractivity contribution is 0.0127. The van der Waals surface area contributed by atoms with E-state index in [-0.39, 0.29) is 12.1 Å². The molecule has 1 aromatic carbocycles. The molecule has 0 aromatic heterocycles. The standard InChI is InChI=1S/C17H23NO2/c1-3-20-17-13-8-7-12(9-13)15(17)18-10-14-6-4-5-11(2)16(14)19/h4-6,10,12-13,15,17,19H,3,7-9H2,1-2H3. The zero-order valence-electron chi connectivity index (χ0n) is 12.2. The third-order valence-electron chi connectivity index (χ3n) is 4.81. The van der Waals surface area contributed by atoms with Gasteiger partial charge in [-0.2, -0.15) is 0 Å². The third-order valence-corrected chi connectivity index (χ3v) is 4.81. The van der Waals surface area contributed by atoms with Gasteiger partial charge in [-0.1, -0.05) is 12.1 Å². The molecule has 20 heavy (non-hydrogen) atoms. The number of ether oxygens (including phenoxy) is 1. The van der Waals surface area contributed by atoms with E-state index in [1.165, 1.54) is 19.3 Å². The van der Waals surface area contributed by atoms with E-state index in [2.05, 4.69) is 6.92 Å². The molecule has 0 saturated heterocycles. The quantitative estimate of drug-likeness (QED) is 0.855. The van der Waals surface area contributed by atoms with Crippen LogP contribution in [0, 0.1) is 18.8 Å². The Kier molecular flexibility index (Phi) is 3.79. The second kappa shape index (κ2) is 5.57. The number of hydrogen-bond donors (Lipinski definition) is 1. The summed E-state index contributed by atoms with van der Waals surface area (Å²) in [5, 5.41) is 10.1. The molecule has 1 aromatic rings. The SMILES string of the molecule is CCOC1C2CCC(C2)C1N=Cc1cccc(C)c1O. The summed E-state index contributed by atoms with van der Waals surface area (Å²) in [6, 6.07) is 6.05. The molecule has 3 nitrogen and oxygen atoms in total. The largest absolute Gasteiger partial charge is 0.507 e. The van der Waals surface area contributed by atoms with E-state index in [1.54, 1.807) is 0 Å². The van der Waals surface area contributed by atoms with Gasteiger partial charge in [-0.15, -0.1) is 0 Å². The summed E-state index contributed by atoms with van der Waals surface area (Å²) in [6.45, 7) is 4.72. The molecule has 0 spiro atoms. The van der Waals surface area contributed by atoms with Gasteiger partial charge >= 0.3 is 0 Å². The first-order chi connectivity index (χ1) is 9.70. The van der Waals surface area contributed by atoms with Gasteiger partial charge < -0.3 is 9.84 Å². The molecule has 2 aliphatic rings. The minimum atomic E-state index is 0.272. The van der Waals surface area contributed by atoms with Crippen LogP contribution in [0.15, 0.2) is 23.2 Å².